The third-order valence-corrected chi connectivity index (χ3v) is 5.22. The Morgan fingerprint density at radius 1 is 1.47 bits per heavy atom. The van der Waals surface area contributed by atoms with Crippen molar-refractivity contribution in [2.45, 2.75) is 13.5 Å². The van der Waals surface area contributed by atoms with Crippen LogP contribution in [0.5, 0.6) is 0 Å². The third-order valence-electron chi connectivity index (χ3n) is 3.00. The van der Waals surface area contributed by atoms with E-state index in [9.17, 15) is 8.42 Å². The molecule has 2 heterocycles. The van der Waals surface area contributed by atoms with Gasteiger partial charge in [-0.3, -0.25) is 4.90 Å². The van der Waals surface area contributed by atoms with Gasteiger partial charge in [0.1, 0.15) is 5.01 Å². The summed E-state index contributed by atoms with van der Waals surface area (Å²) in [6.45, 7) is 6.55. The van der Waals surface area contributed by atoms with Gasteiger partial charge in [0.15, 0.2) is 0 Å². The summed E-state index contributed by atoms with van der Waals surface area (Å²) in [5.74, 6) is 0.150. The zero-order valence-electron chi connectivity index (χ0n) is 11.1. The fourth-order valence-corrected chi connectivity index (χ4v) is 3.73. The van der Waals surface area contributed by atoms with Gasteiger partial charge in [-0.05, 0) is 6.92 Å². The molecule has 1 fully saturated rings. The predicted octanol–water partition coefficient (Wildman–Crippen LogP) is -0.224. The zero-order chi connectivity index (χ0) is 13.7. The van der Waals surface area contributed by atoms with Crippen LogP contribution in [0.15, 0.2) is 6.20 Å². The first kappa shape index (κ1) is 14.9. The summed E-state index contributed by atoms with van der Waals surface area (Å²) < 4.78 is 26.4. The van der Waals surface area contributed by atoms with E-state index in [1.807, 2.05) is 6.92 Å². The van der Waals surface area contributed by atoms with Crippen molar-refractivity contribution in [2.75, 3.05) is 38.5 Å². The van der Waals surface area contributed by atoms with Crippen LogP contribution in [0.2, 0.25) is 0 Å². The van der Waals surface area contributed by atoms with E-state index in [0.717, 1.165) is 36.1 Å². The highest BCUT2D eigenvalue weighted by Crippen LogP contribution is 2.10. The number of sulfonamides is 1. The van der Waals surface area contributed by atoms with E-state index >= 15 is 0 Å². The van der Waals surface area contributed by atoms with Crippen molar-refractivity contribution >= 4 is 21.4 Å². The number of nitrogens with one attached hydrogen (secondary N) is 2. The number of aromatic nitrogens is 1. The fourth-order valence-electron chi connectivity index (χ4n) is 1.91. The maximum Gasteiger partial charge on any atom is 0.213 e. The molecule has 8 heteroatoms. The van der Waals surface area contributed by atoms with E-state index in [1.54, 1.807) is 6.20 Å². The highest BCUT2D eigenvalue weighted by molar-refractivity contribution is 7.89. The number of nitrogens with zero attached hydrogens (tertiary/aromatic N) is 2. The van der Waals surface area contributed by atoms with Crippen molar-refractivity contribution < 1.29 is 8.42 Å². The number of thiazole rings is 1. The molecule has 19 heavy (non-hydrogen) atoms. The Kier molecular flexibility index (Phi) is 5.28. The van der Waals surface area contributed by atoms with Crippen molar-refractivity contribution in [3.05, 3.63) is 16.1 Å². The van der Waals surface area contributed by atoms with E-state index in [2.05, 4.69) is 19.9 Å². The first-order valence-electron chi connectivity index (χ1n) is 6.37. The van der Waals surface area contributed by atoms with Crippen LogP contribution in [0.1, 0.15) is 9.88 Å². The summed E-state index contributed by atoms with van der Waals surface area (Å²) in [6, 6.07) is 0. The second kappa shape index (κ2) is 6.76. The molecule has 1 aromatic rings. The van der Waals surface area contributed by atoms with Crippen molar-refractivity contribution in [1.29, 1.82) is 0 Å². The van der Waals surface area contributed by atoms with Crippen LogP contribution in [-0.4, -0.2) is 56.8 Å². The second-order valence-electron chi connectivity index (χ2n) is 4.60. The van der Waals surface area contributed by atoms with E-state index < -0.39 is 10.0 Å². The Labute approximate surface area is 118 Å². The van der Waals surface area contributed by atoms with E-state index in [4.69, 9.17) is 0 Å². The molecule has 1 aliphatic heterocycles. The number of hydrogen-bond donors (Lipinski definition) is 2. The summed E-state index contributed by atoms with van der Waals surface area (Å²) in [4.78, 5) is 7.40. The maximum atomic E-state index is 11.9. The van der Waals surface area contributed by atoms with Gasteiger partial charge in [0, 0.05) is 43.8 Å². The molecule has 2 N–H and O–H groups in total. The normalized spacial score (nSPS) is 17.7. The molecular formula is C11H20N4O2S2. The maximum absolute atomic E-state index is 11.9. The number of piperazine rings is 1. The first-order chi connectivity index (χ1) is 9.05. The lowest BCUT2D eigenvalue weighted by molar-refractivity contribution is 0.253. The average Bonchev–Trinajstić information content (AvgIpc) is 2.82. The molecule has 0 spiro atoms. The molecule has 108 valence electrons. The van der Waals surface area contributed by atoms with Crippen LogP contribution < -0.4 is 10.0 Å². The smallest absolute Gasteiger partial charge is 0.213 e. The molecule has 1 saturated heterocycles. The number of hydrogen-bond acceptors (Lipinski definition) is 6. The van der Waals surface area contributed by atoms with Gasteiger partial charge in [0.2, 0.25) is 10.0 Å². The molecule has 0 aliphatic carbocycles. The molecule has 1 aromatic heterocycles. The van der Waals surface area contributed by atoms with Gasteiger partial charge < -0.3 is 5.32 Å². The van der Waals surface area contributed by atoms with Gasteiger partial charge in [-0.2, -0.15) is 0 Å². The Balaban J connectivity index is 1.75. The molecule has 0 amide bonds. The van der Waals surface area contributed by atoms with Crippen molar-refractivity contribution in [3.8, 4) is 0 Å². The summed E-state index contributed by atoms with van der Waals surface area (Å²) in [5, 5.41) is 4.06. The van der Waals surface area contributed by atoms with Crippen LogP contribution in [0.3, 0.4) is 0 Å². The van der Waals surface area contributed by atoms with Gasteiger partial charge in [-0.25, -0.2) is 18.1 Å². The highest BCUT2D eigenvalue weighted by Gasteiger charge is 2.15. The molecule has 0 unspecified atom stereocenters. The highest BCUT2D eigenvalue weighted by atomic mass is 32.2. The standard InChI is InChI=1S/C11H20N4O2S2/c1-10-8-13-11(18-10)9-14-19(16,17)7-6-15-4-2-12-3-5-15/h8,12,14H,2-7,9H2,1H3. The van der Waals surface area contributed by atoms with Gasteiger partial charge >= 0.3 is 0 Å². The molecule has 2 rings (SSSR count). The largest absolute Gasteiger partial charge is 0.314 e. The molecule has 0 bridgehead atoms. The minimum atomic E-state index is -3.22. The monoisotopic (exact) mass is 304 g/mol. The van der Waals surface area contributed by atoms with Crippen LogP contribution in [0.4, 0.5) is 0 Å². The van der Waals surface area contributed by atoms with Crippen LogP contribution in [0.25, 0.3) is 0 Å². The summed E-state index contributed by atoms with van der Waals surface area (Å²) >= 11 is 1.52. The number of aryl methyl sites for hydroxylation is 1. The summed E-state index contributed by atoms with van der Waals surface area (Å²) in [7, 11) is -3.22. The Hall–Kier alpha value is -0.540. The molecule has 0 atom stereocenters. The lowest BCUT2D eigenvalue weighted by atomic mass is 10.4. The SMILES string of the molecule is Cc1cnc(CNS(=O)(=O)CCN2CCNCC2)s1. The minimum absolute atomic E-state index is 0.150. The molecule has 0 radical (unpaired) electrons. The van der Waals surface area contributed by atoms with E-state index in [1.165, 1.54) is 11.3 Å². The topological polar surface area (TPSA) is 74.3 Å². The Morgan fingerprint density at radius 2 is 2.21 bits per heavy atom. The minimum Gasteiger partial charge on any atom is -0.314 e. The van der Waals surface area contributed by atoms with Gasteiger partial charge in [0.05, 0.1) is 12.3 Å². The summed E-state index contributed by atoms with van der Waals surface area (Å²) in [5.41, 5.74) is 0. The third kappa shape index (κ3) is 5.15. The molecule has 0 saturated carbocycles. The van der Waals surface area contributed by atoms with E-state index in [0.29, 0.717) is 13.1 Å². The average molecular weight is 304 g/mol. The van der Waals surface area contributed by atoms with Crippen molar-refractivity contribution in [2.24, 2.45) is 0 Å². The van der Waals surface area contributed by atoms with Gasteiger partial charge in [-0.1, -0.05) is 0 Å². The molecule has 6 nitrogen and oxygen atoms in total. The summed E-state index contributed by atoms with van der Waals surface area (Å²) in [6.07, 6.45) is 1.76. The van der Waals surface area contributed by atoms with Gasteiger partial charge in [-0.15, -0.1) is 11.3 Å². The second-order valence-corrected chi connectivity index (χ2v) is 7.84. The van der Waals surface area contributed by atoms with Crippen molar-refractivity contribution in [3.63, 3.8) is 0 Å². The van der Waals surface area contributed by atoms with Gasteiger partial charge in [0.25, 0.3) is 0 Å². The first-order valence-corrected chi connectivity index (χ1v) is 8.84. The van der Waals surface area contributed by atoms with E-state index in [-0.39, 0.29) is 5.75 Å². The van der Waals surface area contributed by atoms with Crippen LogP contribution >= 0.6 is 11.3 Å². The molecule has 0 aromatic carbocycles. The Morgan fingerprint density at radius 3 is 2.84 bits per heavy atom. The molecule has 1 aliphatic rings. The molecular weight excluding hydrogens is 284 g/mol. The van der Waals surface area contributed by atoms with Crippen LogP contribution in [0, 0.1) is 6.92 Å². The lowest BCUT2D eigenvalue weighted by Crippen LogP contribution is -2.45. The lowest BCUT2D eigenvalue weighted by Gasteiger charge is -2.26. The number of rotatable bonds is 6. The zero-order valence-corrected chi connectivity index (χ0v) is 12.7. The fraction of sp³-hybridized carbons (Fsp3) is 0.727. The van der Waals surface area contributed by atoms with Crippen molar-refractivity contribution in [1.82, 2.24) is 19.9 Å². The quantitative estimate of drug-likeness (QED) is 0.760. The predicted molar refractivity (Wildman–Crippen MR) is 76.8 cm³/mol. The Bertz CT molecular complexity index is 495. The van der Waals surface area contributed by atoms with Crippen LogP contribution in [-0.2, 0) is 16.6 Å².